The summed E-state index contributed by atoms with van der Waals surface area (Å²) >= 11 is 0. The van der Waals surface area contributed by atoms with E-state index in [0.717, 1.165) is 0 Å². The van der Waals surface area contributed by atoms with Gasteiger partial charge in [-0.1, -0.05) is 18.1 Å². The van der Waals surface area contributed by atoms with Gasteiger partial charge in [0.25, 0.3) is 0 Å². The average Bonchev–Trinajstić information content (AvgIpc) is 2.37. The maximum absolute atomic E-state index is 12.1. The first-order valence-electron chi connectivity index (χ1n) is 5.55. The van der Waals surface area contributed by atoms with Gasteiger partial charge in [-0.2, -0.15) is 0 Å². The molecule has 0 amide bonds. The predicted octanol–water partition coefficient (Wildman–Crippen LogP) is 1.04. The van der Waals surface area contributed by atoms with Crippen LogP contribution in [0.5, 0.6) is 5.75 Å². The number of carbonyl (C=O) groups is 1. The molecule has 0 radical (unpaired) electrons. The topological polar surface area (TPSA) is 69.7 Å². The fraction of sp³-hybridized carbons (Fsp3) is 0.308. The van der Waals surface area contributed by atoms with Crippen LogP contribution < -0.4 is 4.74 Å². The Morgan fingerprint density at radius 2 is 2.05 bits per heavy atom. The number of para-hydroxylation sites is 1. The molecule has 0 heterocycles. The number of ether oxygens (including phenoxy) is 2. The minimum absolute atomic E-state index is 0.0329. The van der Waals surface area contributed by atoms with Gasteiger partial charge in [-0.25, -0.2) is 8.42 Å². The maximum atomic E-state index is 12.1. The molecule has 1 rings (SSSR count). The zero-order valence-electron chi connectivity index (χ0n) is 10.5. The Balaban J connectivity index is 2.95. The second-order valence-electron chi connectivity index (χ2n) is 3.50. The lowest BCUT2D eigenvalue weighted by Crippen LogP contribution is -2.19. The van der Waals surface area contributed by atoms with Crippen molar-refractivity contribution in [3.8, 4) is 18.1 Å². The second-order valence-corrected chi connectivity index (χ2v) is 5.46. The number of hydrogen-bond donors (Lipinski definition) is 0. The molecule has 6 heteroatoms. The highest BCUT2D eigenvalue weighted by molar-refractivity contribution is 7.92. The van der Waals surface area contributed by atoms with E-state index in [2.05, 4.69) is 10.7 Å². The summed E-state index contributed by atoms with van der Waals surface area (Å²) in [5.74, 6) is 0.661. The molecule has 0 aliphatic rings. The SMILES string of the molecule is C#CCOC(=O)CS(=O)(=O)c1ccccc1OCC. The Morgan fingerprint density at radius 3 is 2.68 bits per heavy atom. The minimum Gasteiger partial charge on any atom is -0.493 e. The first-order valence-corrected chi connectivity index (χ1v) is 7.20. The molecule has 1 aromatic rings. The maximum Gasteiger partial charge on any atom is 0.322 e. The van der Waals surface area contributed by atoms with Crippen molar-refractivity contribution in [2.24, 2.45) is 0 Å². The van der Waals surface area contributed by atoms with E-state index in [1.807, 2.05) is 0 Å². The lowest BCUT2D eigenvalue weighted by Gasteiger charge is -2.10. The summed E-state index contributed by atoms with van der Waals surface area (Å²) in [5, 5.41) is 0. The molecule has 5 nitrogen and oxygen atoms in total. The van der Waals surface area contributed by atoms with Gasteiger partial charge in [-0.05, 0) is 19.1 Å². The minimum atomic E-state index is -3.81. The summed E-state index contributed by atoms with van der Waals surface area (Å²) in [6.07, 6.45) is 4.92. The van der Waals surface area contributed by atoms with Gasteiger partial charge in [0, 0.05) is 0 Å². The van der Waals surface area contributed by atoms with Gasteiger partial charge >= 0.3 is 5.97 Å². The lowest BCUT2D eigenvalue weighted by molar-refractivity contribution is -0.139. The van der Waals surface area contributed by atoms with Crippen molar-refractivity contribution in [2.45, 2.75) is 11.8 Å². The van der Waals surface area contributed by atoms with Gasteiger partial charge in [0.15, 0.2) is 22.2 Å². The molecule has 0 saturated heterocycles. The van der Waals surface area contributed by atoms with E-state index in [4.69, 9.17) is 11.2 Å². The van der Waals surface area contributed by atoms with E-state index in [0.29, 0.717) is 6.61 Å². The zero-order valence-corrected chi connectivity index (χ0v) is 11.3. The molecule has 19 heavy (non-hydrogen) atoms. The molecule has 0 aliphatic carbocycles. The summed E-state index contributed by atoms with van der Waals surface area (Å²) in [6, 6.07) is 6.13. The molecule has 0 aliphatic heterocycles. The quantitative estimate of drug-likeness (QED) is 0.576. The van der Waals surface area contributed by atoms with Crippen LogP contribution in [0.2, 0.25) is 0 Å². The number of terminal acetylenes is 1. The molecule has 0 aromatic heterocycles. The van der Waals surface area contributed by atoms with Crippen molar-refractivity contribution in [1.82, 2.24) is 0 Å². The van der Waals surface area contributed by atoms with E-state index < -0.39 is 21.6 Å². The molecule has 1 aromatic carbocycles. The van der Waals surface area contributed by atoms with E-state index in [-0.39, 0.29) is 17.3 Å². The van der Waals surface area contributed by atoms with Gasteiger partial charge in [0.2, 0.25) is 0 Å². The van der Waals surface area contributed by atoms with Gasteiger partial charge in [0.05, 0.1) is 6.61 Å². The number of benzene rings is 1. The first-order chi connectivity index (χ1) is 9.01. The molecule has 0 N–H and O–H groups in total. The Labute approximate surface area is 112 Å². The molecule has 0 saturated carbocycles. The van der Waals surface area contributed by atoms with Crippen LogP contribution in [0.1, 0.15) is 6.92 Å². The molecule has 0 unspecified atom stereocenters. The molecule has 102 valence electrons. The van der Waals surface area contributed by atoms with Crippen molar-refractivity contribution in [1.29, 1.82) is 0 Å². The fourth-order valence-corrected chi connectivity index (χ4v) is 2.65. The highest BCUT2D eigenvalue weighted by Gasteiger charge is 2.23. The second kappa shape index (κ2) is 6.81. The third-order valence-electron chi connectivity index (χ3n) is 2.11. The van der Waals surface area contributed by atoms with Crippen LogP contribution in [-0.2, 0) is 19.4 Å². The third kappa shape index (κ3) is 4.30. The number of carbonyl (C=O) groups excluding carboxylic acids is 1. The molecule has 0 fully saturated rings. The lowest BCUT2D eigenvalue weighted by atomic mass is 10.3. The predicted molar refractivity (Wildman–Crippen MR) is 69.5 cm³/mol. The van der Waals surface area contributed by atoms with E-state index in [1.54, 1.807) is 19.1 Å². The monoisotopic (exact) mass is 282 g/mol. The molecular weight excluding hydrogens is 268 g/mol. The number of hydrogen-bond acceptors (Lipinski definition) is 5. The normalized spacial score (nSPS) is 10.5. The fourth-order valence-electron chi connectivity index (χ4n) is 1.38. The number of rotatable bonds is 6. The molecule has 0 bridgehead atoms. The Hall–Kier alpha value is -2.00. The summed E-state index contributed by atoms with van der Waals surface area (Å²) in [4.78, 5) is 11.3. The van der Waals surface area contributed by atoms with Crippen molar-refractivity contribution in [3.63, 3.8) is 0 Å². The molecule has 0 atom stereocenters. The van der Waals surface area contributed by atoms with Crippen LogP contribution in [0.3, 0.4) is 0 Å². The van der Waals surface area contributed by atoms with Crippen LogP contribution in [0.4, 0.5) is 0 Å². The van der Waals surface area contributed by atoms with Crippen LogP contribution in [-0.4, -0.2) is 33.4 Å². The van der Waals surface area contributed by atoms with Crippen LogP contribution >= 0.6 is 0 Å². The Bertz CT molecular complexity index is 583. The first kappa shape index (κ1) is 15.1. The van der Waals surface area contributed by atoms with Crippen molar-refractivity contribution in [3.05, 3.63) is 24.3 Å². The van der Waals surface area contributed by atoms with Crippen LogP contribution in [0, 0.1) is 12.3 Å². The van der Waals surface area contributed by atoms with Gasteiger partial charge in [0.1, 0.15) is 10.6 Å². The van der Waals surface area contributed by atoms with Gasteiger partial charge < -0.3 is 9.47 Å². The smallest absolute Gasteiger partial charge is 0.322 e. The summed E-state index contributed by atoms with van der Waals surface area (Å²) < 4.78 is 33.9. The molecular formula is C13H14O5S. The van der Waals surface area contributed by atoms with Gasteiger partial charge in [-0.3, -0.25) is 4.79 Å². The molecule has 0 spiro atoms. The Morgan fingerprint density at radius 1 is 1.37 bits per heavy atom. The standard InChI is InChI=1S/C13H14O5S/c1-3-9-18-13(14)10-19(15,16)12-8-6-5-7-11(12)17-4-2/h1,5-8H,4,9-10H2,2H3. The summed E-state index contributed by atoms with van der Waals surface area (Å²) in [5.41, 5.74) is 0. The summed E-state index contributed by atoms with van der Waals surface area (Å²) in [6.45, 7) is 1.82. The van der Waals surface area contributed by atoms with E-state index in [9.17, 15) is 13.2 Å². The van der Waals surface area contributed by atoms with Crippen molar-refractivity contribution < 1.29 is 22.7 Å². The largest absolute Gasteiger partial charge is 0.493 e. The third-order valence-corrected chi connectivity index (χ3v) is 3.73. The number of sulfone groups is 1. The number of esters is 1. The van der Waals surface area contributed by atoms with E-state index >= 15 is 0 Å². The van der Waals surface area contributed by atoms with Crippen LogP contribution in [0.25, 0.3) is 0 Å². The van der Waals surface area contributed by atoms with Crippen molar-refractivity contribution >= 4 is 15.8 Å². The van der Waals surface area contributed by atoms with Gasteiger partial charge in [-0.15, -0.1) is 6.42 Å². The zero-order chi connectivity index (χ0) is 14.3. The van der Waals surface area contributed by atoms with E-state index in [1.165, 1.54) is 12.1 Å². The highest BCUT2D eigenvalue weighted by Crippen LogP contribution is 2.24. The highest BCUT2D eigenvalue weighted by atomic mass is 32.2. The average molecular weight is 282 g/mol. The van der Waals surface area contributed by atoms with Crippen molar-refractivity contribution in [2.75, 3.05) is 19.0 Å². The summed E-state index contributed by atoms with van der Waals surface area (Å²) in [7, 11) is -3.81. The van der Waals surface area contributed by atoms with Crippen LogP contribution in [0.15, 0.2) is 29.2 Å². The Kier molecular flexibility index (Phi) is 5.39.